The van der Waals surface area contributed by atoms with Crippen LogP contribution in [0, 0.1) is 0 Å². The standard InChI is InChI=1S/C17H24F3N/c1-2-3-4-5-6-7-8-13-12-21-16-10-9-14(11-15(13)16)17(18,19)20/h9-11,13,21H,2-8,12H2,1H3. The first-order valence-corrected chi connectivity index (χ1v) is 7.97. The van der Waals surface area contributed by atoms with Crippen LogP contribution in [0.1, 0.15) is 68.9 Å². The molecule has 4 heteroatoms. The zero-order valence-corrected chi connectivity index (χ0v) is 12.6. The molecule has 1 unspecified atom stereocenters. The van der Waals surface area contributed by atoms with Crippen LogP contribution in [0.5, 0.6) is 0 Å². The molecule has 1 heterocycles. The predicted molar refractivity (Wildman–Crippen MR) is 80.7 cm³/mol. The highest BCUT2D eigenvalue weighted by Crippen LogP contribution is 2.39. The average Bonchev–Trinajstić information content (AvgIpc) is 2.84. The topological polar surface area (TPSA) is 12.0 Å². The molecule has 118 valence electrons. The lowest BCUT2D eigenvalue weighted by atomic mass is 9.93. The smallest absolute Gasteiger partial charge is 0.384 e. The van der Waals surface area contributed by atoms with Gasteiger partial charge < -0.3 is 5.32 Å². The van der Waals surface area contributed by atoms with Gasteiger partial charge in [0.15, 0.2) is 0 Å². The van der Waals surface area contributed by atoms with Crippen molar-refractivity contribution >= 4 is 5.69 Å². The van der Waals surface area contributed by atoms with Gasteiger partial charge in [0, 0.05) is 18.2 Å². The third-order valence-electron chi connectivity index (χ3n) is 4.26. The molecule has 0 fully saturated rings. The number of benzene rings is 1. The molecule has 0 aliphatic carbocycles. The Bertz CT molecular complexity index is 454. The van der Waals surface area contributed by atoms with Crippen molar-refractivity contribution in [3.05, 3.63) is 29.3 Å². The van der Waals surface area contributed by atoms with Crippen molar-refractivity contribution in [3.8, 4) is 0 Å². The molecule has 0 bridgehead atoms. The molecule has 1 atom stereocenters. The van der Waals surface area contributed by atoms with Crippen molar-refractivity contribution in [1.29, 1.82) is 0 Å². The van der Waals surface area contributed by atoms with Gasteiger partial charge in [-0.15, -0.1) is 0 Å². The number of anilines is 1. The molecular formula is C17H24F3N. The second-order valence-electron chi connectivity index (χ2n) is 5.93. The van der Waals surface area contributed by atoms with E-state index in [9.17, 15) is 13.2 Å². The lowest BCUT2D eigenvalue weighted by Gasteiger charge is -2.12. The fourth-order valence-electron chi connectivity index (χ4n) is 3.01. The van der Waals surface area contributed by atoms with E-state index in [1.165, 1.54) is 44.2 Å². The number of fused-ring (bicyclic) bond motifs is 1. The van der Waals surface area contributed by atoms with Gasteiger partial charge in [-0.25, -0.2) is 0 Å². The molecule has 0 saturated carbocycles. The van der Waals surface area contributed by atoms with Gasteiger partial charge in [-0.1, -0.05) is 45.4 Å². The van der Waals surface area contributed by atoms with Gasteiger partial charge in [0.25, 0.3) is 0 Å². The van der Waals surface area contributed by atoms with Crippen LogP contribution in [0.3, 0.4) is 0 Å². The van der Waals surface area contributed by atoms with Crippen molar-refractivity contribution in [2.45, 2.75) is 64.0 Å². The minimum Gasteiger partial charge on any atom is -0.384 e. The molecule has 0 amide bonds. The molecule has 1 aromatic carbocycles. The van der Waals surface area contributed by atoms with E-state index in [-0.39, 0.29) is 5.92 Å². The lowest BCUT2D eigenvalue weighted by Crippen LogP contribution is -2.06. The van der Waals surface area contributed by atoms with Crippen molar-refractivity contribution in [3.63, 3.8) is 0 Å². The van der Waals surface area contributed by atoms with Crippen LogP contribution in [-0.2, 0) is 6.18 Å². The normalized spacial score (nSPS) is 17.6. The Morgan fingerprint density at radius 3 is 2.52 bits per heavy atom. The van der Waals surface area contributed by atoms with E-state index in [0.717, 1.165) is 30.6 Å². The molecule has 0 aromatic heterocycles. The predicted octanol–water partition coefficient (Wildman–Crippen LogP) is 5.97. The van der Waals surface area contributed by atoms with Crippen LogP contribution in [0.25, 0.3) is 0 Å². The van der Waals surface area contributed by atoms with Crippen LogP contribution < -0.4 is 5.32 Å². The second-order valence-corrected chi connectivity index (χ2v) is 5.93. The zero-order valence-electron chi connectivity index (χ0n) is 12.6. The average molecular weight is 299 g/mol. The number of rotatable bonds is 7. The highest BCUT2D eigenvalue weighted by Gasteiger charge is 2.33. The van der Waals surface area contributed by atoms with E-state index in [4.69, 9.17) is 0 Å². The van der Waals surface area contributed by atoms with Gasteiger partial charge in [-0.05, 0) is 30.2 Å². The van der Waals surface area contributed by atoms with Crippen LogP contribution >= 0.6 is 0 Å². The Morgan fingerprint density at radius 1 is 1.10 bits per heavy atom. The number of hydrogen-bond acceptors (Lipinski definition) is 1. The molecular weight excluding hydrogens is 275 g/mol. The first kappa shape index (κ1) is 16.2. The summed E-state index contributed by atoms with van der Waals surface area (Å²) in [6, 6.07) is 4.06. The maximum Gasteiger partial charge on any atom is 0.416 e. The number of halogens is 3. The molecule has 21 heavy (non-hydrogen) atoms. The van der Waals surface area contributed by atoms with Gasteiger partial charge in [-0.2, -0.15) is 13.2 Å². The zero-order chi connectivity index (χ0) is 15.3. The third-order valence-corrected chi connectivity index (χ3v) is 4.26. The van der Waals surface area contributed by atoms with Crippen LogP contribution in [-0.4, -0.2) is 6.54 Å². The molecule has 0 spiro atoms. The number of unbranched alkanes of at least 4 members (excludes halogenated alkanes) is 5. The second kappa shape index (κ2) is 7.19. The molecule has 2 rings (SSSR count). The van der Waals surface area contributed by atoms with E-state index in [1.54, 1.807) is 6.07 Å². The van der Waals surface area contributed by atoms with Crippen molar-refractivity contribution < 1.29 is 13.2 Å². The lowest BCUT2D eigenvalue weighted by molar-refractivity contribution is -0.137. The monoisotopic (exact) mass is 299 g/mol. The Kier molecular flexibility index (Phi) is 5.54. The van der Waals surface area contributed by atoms with Crippen LogP contribution in [0.15, 0.2) is 18.2 Å². The maximum atomic E-state index is 12.8. The van der Waals surface area contributed by atoms with E-state index >= 15 is 0 Å². The fraction of sp³-hybridized carbons (Fsp3) is 0.647. The largest absolute Gasteiger partial charge is 0.416 e. The molecule has 1 aliphatic heterocycles. The van der Waals surface area contributed by atoms with Gasteiger partial charge >= 0.3 is 6.18 Å². The summed E-state index contributed by atoms with van der Waals surface area (Å²) >= 11 is 0. The highest BCUT2D eigenvalue weighted by atomic mass is 19.4. The number of hydrogen-bond donors (Lipinski definition) is 1. The van der Waals surface area contributed by atoms with E-state index < -0.39 is 11.7 Å². The van der Waals surface area contributed by atoms with Crippen molar-refractivity contribution in [2.24, 2.45) is 0 Å². The maximum absolute atomic E-state index is 12.8. The Hall–Kier alpha value is -1.19. The molecule has 1 aromatic rings. The Labute approximate surface area is 124 Å². The van der Waals surface area contributed by atoms with Crippen LogP contribution in [0.2, 0.25) is 0 Å². The third kappa shape index (κ3) is 4.39. The number of alkyl halides is 3. The van der Waals surface area contributed by atoms with Crippen molar-refractivity contribution in [2.75, 3.05) is 11.9 Å². The van der Waals surface area contributed by atoms with Gasteiger partial charge in [0.1, 0.15) is 0 Å². The Balaban J connectivity index is 1.88. The Morgan fingerprint density at radius 2 is 1.81 bits per heavy atom. The molecule has 1 N–H and O–H groups in total. The quantitative estimate of drug-likeness (QED) is 0.612. The summed E-state index contributed by atoms with van der Waals surface area (Å²) in [6.07, 6.45) is 4.05. The highest BCUT2D eigenvalue weighted by molar-refractivity contribution is 5.59. The molecule has 0 saturated heterocycles. The van der Waals surface area contributed by atoms with Crippen LogP contribution in [0.4, 0.5) is 18.9 Å². The summed E-state index contributed by atoms with van der Waals surface area (Å²) in [5, 5.41) is 3.22. The molecule has 1 nitrogen and oxygen atoms in total. The molecule has 0 radical (unpaired) electrons. The first-order valence-electron chi connectivity index (χ1n) is 7.97. The fourth-order valence-corrected chi connectivity index (χ4v) is 3.01. The number of nitrogens with one attached hydrogen (secondary N) is 1. The van der Waals surface area contributed by atoms with E-state index in [0.29, 0.717) is 0 Å². The summed E-state index contributed by atoms with van der Waals surface area (Å²) in [5.74, 6) is 0.230. The summed E-state index contributed by atoms with van der Waals surface area (Å²) < 4.78 is 38.4. The summed E-state index contributed by atoms with van der Waals surface area (Å²) in [6.45, 7) is 2.96. The van der Waals surface area contributed by atoms with Crippen molar-refractivity contribution in [1.82, 2.24) is 0 Å². The first-order chi connectivity index (χ1) is 10.0. The van der Waals surface area contributed by atoms with Gasteiger partial charge in [0.05, 0.1) is 5.56 Å². The minimum atomic E-state index is -4.25. The van der Waals surface area contributed by atoms with E-state index in [1.807, 2.05) is 0 Å². The summed E-state index contributed by atoms with van der Waals surface area (Å²) in [5.41, 5.74) is 1.19. The van der Waals surface area contributed by atoms with Gasteiger partial charge in [0.2, 0.25) is 0 Å². The summed E-state index contributed by atoms with van der Waals surface area (Å²) in [4.78, 5) is 0. The van der Waals surface area contributed by atoms with Gasteiger partial charge in [-0.3, -0.25) is 0 Å². The summed E-state index contributed by atoms with van der Waals surface area (Å²) in [7, 11) is 0. The van der Waals surface area contributed by atoms with E-state index in [2.05, 4.69) is 12.2 Å². The SMILES string of the molecule is CCCCCCCCC1CNc2ccc(C(F)(F)F)cc21. The molecule has 1 aliphatic rings. The minimum absolute atomic E-state index is 0.230.